The Morgan fingerprint density at radius 3 is 2.68 bits per heavy atom. The molecule has 4 unspecified atom stereocenters. The Balaban J connectivity index is 2.45. The summed E-state index contributed by atoms with van der Waals surface area (Å²) in [4.78, 5) is 22.9. The average molecular weight is 266 g/mol. The van der Waals surface area contributed by atoms with Gasteiger partial charge in [0.15, 0.2) is 5.76 Å². The van der Waals surface area contributed by atoms with Crippen molar-refractivity contribution in [3.63, 3.8) is 0 Å². The average Bonchev–Trinajstić information content (AvgIpc) is 2.30. The number of carbonyl (C=O) groups is 2. The number of rotatable bonds is 1. The molecule has 0 spiro atoms. The zero-order chi connectivity index (χ0) is 14.4. The second-order valence-electron chi connectivity index (χ2n) is 5.46. The van der Waals surface area contributed by atoms with Crippen LogP contribution in [0, 0.1) is 11.3 Å². The van der Waals surface area contributed by atoms with E-state index in [1.807, 2.05) is 13.8 Å². The number of esters is 1. The molecule has 104 valence electrons. The highest BCUT2D eigenvalue weighted by Gasteiger charge is 2.48. The van der Waals surface area contributed by atoms with Crippen molar-refractivity contribution < 1.29 is 24.5 Å². The van der Waals surface area contributed by atoms with E-state index in [-0.39, 0.29) is 18.1 Å². The van der Waals surface area contributed by atoms with Crippen molar-refractivity contribution in [1.82, 2.24) is 0 Å². The van der Waals surface area contributed by atoms with Gasteiger partial charge >= 0.3 is 5.97 Å². The maximum absolute atomic E-state index is 11.9. The molecule has 0 amide bonds. The van der Waals surface area contributed by atoms with E-state index < -0.39 is 29.4 Å². The fourth-order valence-corrected chi connectivity index (χ4v) is 2.84. The Hall–Kier alpha value is -1.46. The first kappa shape index (κ1) is 14.0. The molecule has 5 heteroatoms. The molecule has 0 heterocycles. The van der Waals surface area contributed by atoms with E-state index in [4.69, 9.17) is 4.74 Å². The summed E-state index contributed by atoms with van der Waals surface area (Å²) in [6.07, 6.45) is 1.57. The Kier molecular flexibility index (Phi) is 3.36. The van der Waals surface area contributed by atoms with E-state index >= 15 is 0 Å². The van der Waals surface area contributed by atoms with Gasteiger partial charge in [-0.3, -0.25) is 9.59 Å². The van der Waals surface area contributed by atoms with Crippen molar-refractivity contribution in [2.24, 2.45) is 11.3 Å². The van der Waals surface area contributed by atoms with E-state index in [0.717, 1.165) is 0 Å². The largest absolute Gasteiger partial charge is 0.423 e. The zero-order valence-corrected chi connectivity index (χ0v) is 11.2. The van der Waals surface area contributed by atoms with Gasteiger partial charge in [0.2, 0.25) is 5.78 Å². The summed E-state index contributed by atoms with van der Waals surface area (Å²) in [6.45, 7) is 4.90. The number of fused-ring (bicyclic) bond motifs is 1. The van der Waals surface area contributed by atoms with Gasteiger partial charge in [0.05, 0.1) is 12.2 Å². The lowest BCUT2D eigenvalue weighted by Gasteiger charge is -2.46. The predicted octanol–water partition coefficient (Wildman–Crippen LogP) is 0.710. The molecule has 4 atom stereocenters. The minimum absolute atomic E-state index is 0.0353. The van der Waals surface area contributed by atoms with Gasteiger partial charge in [-0.2, -0.15) is 0 Å². The molecule has 2 rings (SSSR count). The molecule has 1 saturated carbocycles. The van der Waals surface area contributed by atoms with Crippen LogP contribution in [0.2, 0.25) is 0 Å². The highest BCUT2D eigenvalue weighted by atomic mass is 16.5. The summed E-state index contributed by atoms with van der Waals surface area (Å²) in [5, 5.41) is 20.0. The first-order chi connectivity index (χ1) is 8.75. The molecule has 0 saturated heterocycles. The molecule has 0 aromatic heterocycles. The molecule has 19 heavy (non-hydrogen) atoms. The minimum Gasteiger partial charge on any atom is -0.423 e. The smallest absolute Gasteiger partial charge is 0.308 e. The Bertz CT molecular complexity index is 490. The minimum atomic E-state index is -0.852. The van der Waals surface area contributed by atoms with E-state index in [2.05, 4.69) is 0 Å². The molecule has 1 fully saturated rings. The zero-order valence-electron chi connectivity index (χ0n) is 11.2. The molecule has 0 radical (unpaired) electrons. The van der Waals surface area contributed by atoms with E-state index in [9.17, 15) is 19.8 Å². The highest BCUT2D eigenvalue weighted by Crippen LogP contribution is 2.48. The van der Waals surface area contributed by atoms with Crippen molar-refractivity contribution >= 4 is 11.8 Å². The van der Waals surface area contributed by atoms with Gasteiger partial charge in [0.1, 0.15) is 0 Å². The lowest BCUT2D eigenvalue weighted by molar-refractivity contribution is -0.139. The van der Waals surface area contributed by atoms with Crippen molar-refractivity contribution in [2.75, 3.05) is 0 Å². The van der Waals surface area contributed by atoms with Crippen LogP contribution in [0.25, 0.3) is 0 Å². The number of ketones is 1. The van der Waals surface area contributed by atoms with Gasteiger partial charge in [-0.1, -0.05) is 13.8 Å². The number of allylic oxidation sites excluding steroid dienone is 2. The SMILES string of the molecule is CC(=O)OC1=CC2(C)C(=CC1=O)C(O)CC(O)C2C. The van der Waals surface area contributed by atoms with Crippen LogP contribution in [0.1, 0.15) is 27.2 Å². The lowest BCUT2D eigenvalue weighted by Crippen LogP contribution is -2.47. The van der Waals surface area contributed by atoms with Crippen molar-refractivity contribution in [1.29, 1.82) is 0 Å². The molecule has 0 aromatic rings. The van der Waals surface area contributed by atoms with E-state index in [0.29, 0.717) is 5.57 Å². The van der Waals surface area contributed by atoms with Gasteiger partial charge in [-0.15, -0.1) is 0 Å². The van der Waals surface area contributed by atoms with E-state index in [1.54, 1.807) is 6.08 Å². The maximum atomic E-state index is 11.9. The number of ether oxygens (including phenoxy) is 1. The molecule has 0 aromatic carbocycles. The van der Waals surface area contributed by atoms with Crippen LogP contribution >= 0.6 is 0 Å². The van der Waals surface area contributed by atoms with Crippen molar-refractivity contribution in [3.05, 3.63) is 23.5 Å². The molecular formula is C14H18O5. The monoisotopic (exact) mass is 266 g/mol. The molecule has 2 aliphatic carbocycles. The summed E-state index contributed by atoms with van der Waals surface area (Å²) in [5.74, 6) is -1.21. The number of carbonyl (C=O) groups excluding carboxylic acids is 2. The molecule has 2 N–H and O–H groups in total. The van der Waals surface area contributed by atoms with Crippen molar-refractivity contribution in [3.8, 4) is 0 Å². The van der Waals surface area contributed by atoms with Crippen LogP contribution in [0.4, 0.5) is 0 Å². The lowest BCUT2D eigenvalue weighted by atomic mass is 9.61. The highest BCUT2D eigenvalue weighted by molar-refractivity contribution is 6.05. The molecule has 5 nitrogen and oxygen atoms in total. The Morgan fingerprint density at radius 2 is 2.11 bits per heavy atom. The second kappa shape index (κ2) is 4.58. The topological polar surface area (TPSA) is 83.8 Å². The van der Waals surface area contributed by atoms with Crippen LogP contribution in [0.15, 0.2) is 23.5 Å². The standard InChI is InChI=1S/C14H18O5/c1-7-10(16)5-11(17)9-4-12(18)13(19-8(2)15)6-14(7,9)3/h4,6-7,10-11,16-17H,5H2,1-3H3. The molecule has 2 aliphatic rings. The van der Waals surface area contributed by atoms with Crippen LogP contribution in [0.3, 0.4) is 0 Å². The molecule has 0 bridgehead atoms. The van der Waals surface area contributed by atoms with Crippen LogP contribution in [-0.4, -0.2) is 34.2 Å². The van der Waals surface area contributed by atoms with Gasteiger partial charge in [-0.25, -0.2) is 0 Å². The number of hydrogen-bond donors (Lipinski definition) is 2. The summed E-state index contributed by atoms with van der Waals surface area (Å²) >= 11 is 0. The second-order valence-corrected chi connectivity index (χ2v) is 5.46. The Labute approximate surface area is 111 Å². The number of aliphatic hydroxyl groups is 2. The third kappa shape index (κ3) is 2.24. The maximum Gasteiger partial charge on any atom is 0.308 e. The third-order valence-corrected chi connectivity index (χ3v) is 4.18. The first-order valence-electron chi connectivity index (χ1n) is 6.29. The summed E-state index contributed by atoms with van der Waals surface area (Å²) in [5.41, 5.74) is -0.110. The van der Waals surface area contributed by atoms with Crippen LogP contribution in [0.5, 0.6) is 0 Å². The number of aliphatic hydroxyl groups excluding tert-OH is 2. The summed E-state index contributed by atoms with van der Waals surface area (Å²) < 4.78 is 4.90. The van der Waals surface area contributed by atoms with Crippen molar-refractivity contribution in [2.45, 2.75) is 39.4 Å². The Morgan fingerprint density at radius 1 is 1.47 bits per heavy atom. The van der Waals surface area contributed by atoms with Crippen LogP contribution in [-0.2, 0) is 14.3 Å². The van der Waals surface area contributed by atoms with E-state index in [1.165, 1.54) is 13.0 Å². The van der Waals surface area contributed by atoms with Gasteiger partial charge in [0.25, 0.3) is 0 Å². The van der Waals surface area contributed by atoms with Crippen LogP contribution < -0.4 is 0 Å². The quantitative estimate of drug-likeness (QED) is 0.683. The first-order valence-corrected chi connectivity index (χ1v) is 6.29. The normalized spacial score (nSPS) is 38.2. The van der Waals surface area contributed by atoms with Gasteiger partial charge in [0, 0.05) is 18.8 Å². The predicted molar refractivity (Wildman–Crippen MR) is 66.8 cm³/mol. The third-order valence-electron chi connectivity index (χ3n) is 4.18. The van der Waals surface area contributed by atoms with Gasteiger partial charge in [-0.05, 0) is 23.6 Å². The van der Waals surface area contributed by atoms with Gasteiger partial charge < -0.3 is 14.9 Å². The summed E-state index contributed by atoms with van der Waals surface area (Å²) in [7, 11) is 0. The fraction of sp³-hybridized carbons (Fsp3) is 0.571. The number of hydrogen-bond acceptors (Lipinski definition) is 5. The molecule has 0 aliphatic heterocycles. The molecular weight excluding hydrogens is 248 g/mol. The fourth-order valence-electron chi connectivity index (χ4n) is 2.84. The summed E-state index contributed by atoms with van der Waals surface area (Å²) in [6, 6.07) is 0.